The molecule has 0 bridgehead atoms. The maximum absolute atomic E-state index is 14.0. The highest BCUT2D eigenvalue weighted by molar-refractivity contribution is 7.07. The number of nitriles is 1. The number of esters is 1. The first kappa shape index (κ1) is 30.8. The van der Waals surface area contributed by atoms with E-state index in [1.54, 1.807) is 48.8 Å². The highest BCUT2D eigenvalue weighted by Gasteiger charge is 2.33. The van der Waals surface area contributed by atoms with Gasteiger partial charge in [-0.05, 0) is 74.7 Å². The molecule has 0 saturated heterocycles. The molecule has 4 aromatic rings. The second-order valence-corrected chi connectivity index (χ2v) is 11.5. The topological polar surface area (TPSA) is 103 Å². The van der Waals surface area contributed by atoms with Crippen LogP contribution in [0.15, 0.2) is 81.7 Å². The van der Waals surface area contributed by atoms with E-state index in [1.165, 1.54) is 11.3 Å². The van der Waals surface area contributed by atoms with Gasteiger partial charge in [-0.25, -0.2) is 9.79 Å². The van der Waals surface area contributed by atoms with E-state index in [0.29, 0.717) is 54.9 Å². The lowest BCUT2D eigenvalue weighted by Gasteiger charge is -2.24. The van der Waals surface area contributed by atoms with Gasteiger partial charge in [-0.3, -0.25) is 9.36 Å². The Morgan fingerprint density at radius 2 is 1.80 bits per heavy atom. The van der Waals surface area contributed by atoms with Gasteiger partial charge in [0, 0.05) is 0 Å². The Labute approximate surface area is 263 Å². The van der Waals surface area contributed by atoms with Crippen LogP contribution >= 0.6 is 22.9 Å². The molecule has 8 nitrogen and oxygen atoms in total. The second kappa shape index (κ2) is 13.3. The third kappa shape index (κ3) is 6.32. The molecule has 1 aromatic heterocycles. The zero-order valence-electron chi connectivity index (χ0n) is 24.7. The molecule has 0 unspecified atom stereocenters. The van der Waals surface area contributed by atoms with Gasteiger partial charge in [-0.1, -0.05) is 64.9 Å². The molecular weight excluding hydrogens is 598 g/mol. The average Bonchev–Trinajstić information content (AvgIpc) is 3.30. The molecule has 1 atom stereocenters. The molecule has 2 heterocycles. The number of ether oxygens (including phenoxy) is 3. The van der Waals surface area contributed by atoms with Crippen molar-refractivity contribution in [1.82, 2.24) is 4.57 Å². The lowest BCUT2D eigenvalue weighted by molar-refractivity contribution is -0.139. The molecule has 10 heteroatoms. The van der Waals surface area contributed by atoms with Crippen molar-refractivity contribution >= 4 is 35.0 Å². The monoisotopic (exact) mass is 627 g/mol. The fraction of sp³-hybridized carbons (Fsp3) is 0.235. The fourth-order valence-electron chi connectivity index (χ4n) is 4.91. The third-order valence-electron chi connectivity index (χ3n) is 7.01. The number of carbonyl (C=O) groups excluding carboxylic acids is 1. The average molecular weight is 628 g/mol. The molecule has 0 N–H and O–H groups in total. The van der Waals surface area contributed by atoms with Gasteiger partial charge in [-0.15, -0.1) is 0 Å². The quantitative estimate of drug-likeness (QED) is 0.224. The van der Waals surface area contributed by atoms with Gasteiger partial charge in [-0.2, -0.15) is 5.26 Å². The Balaban J connectivity index is 1.56. The number of benzene rings is 3. The zero-order valence-corrected chi connectivity index (χ0v) is 26.3. The lowest BCUT2D eigenvalue weighted by atomic mass is 9.95. The van der Waals surface area contributed by atoms with E-state index < -0.39 is 12.0 Å². The molecule has 0 saturated carbocycles. The summed E-state index contributed by atoms with van der Waals surface area (Å²) in [5.41, 5.74) is 4.47. The van der Waals surface area contributed by atoms with Crippen molar-refractivity contribution in [1.29, 1.82) is 5.26 Å². The van der Waals surface area contributed by atoms with Crippen LogP contribution in [-0.2, 0) is 16.1 Å². The number of hydrogen-bond donors (Lipinski definition) is 0. The van der Waals surface area contributed by atoms with Crippen molar-refractivity contribution in [3.05, 3.63) is 124 Å². The summed E-state index contributed by atoms with van der Waals surface area (Å²) in [6.07, 6.45) is 1.73. The summed E-state index contributed by atoms with van der Waals surface area (Å²) < 4.78 is 19.2. The minimum absolute atomic E-state index is 0.205. The number of nitrogens with zero attached hydrogens (tertiary/aromatic N) is 3. The lowest BCUT2D eigenvalue weighted by Crippen LogP contribution is -2.39. The van der Waals surface area contributed by atoms with Crippen LogP contribution in [0.2, 0.25) is 5.02 Å². The molecule has 0 amide bonds. The van der Waals surface area contributed by atoms with Crippen molar-refractivity contribution < 1.29 is 19.0 Å². The van der Waals surface area contributed by atoms with Crippen molar-refractivity contribution in [2.45, 2.75) is 40.3 Å². The number of hydrogen-bond acceptors (Lipinski definition) is 8. The summed E-state index contributed by atoms with van der Waals surface area (Å²) in [5, 5.41) is 9.36. The van der Waals surface area contributed by atoms with Gasteiger partial charge in [0.1, 0.15) is 6.61 Å². The van der Waals surface area contributed by atoms with Crippen LogP contribution in [0, 0.1) is 18.3 Å². The van der Waals surface area contributed by atoms with Gasteiger partial charge in [0.15, 0.2) is 16.3 Å². The molecule has 0 spiro atoms. The molecule has 1 aliphatic rings. The number of fused-ring (bicyclic) bond motifs is 1. The van der Waals surface area contributed by atoms with Crippen LogP contribution in [0.1, 0.15) is 54.6 Å². The molecule has 0 aliphatic carbocycles. The fourth-order valence-corrected chi connectivity index (χ4v) is 6.23. The number of aromatic nitrogens is 1. The van der Waals surface area contributed by atoms with E-state index in [9.17, 15) is 9.59 Å². The first-order valence-corrected chi connectivity index (χ1v) is 15.3. The Hall–Kier alpha value is -4.65. The smallest absolute Gasteiger partial charge is 0.338 e. The Bertz CT molecular complexity index is 1970. The second-order valence-electron chi connectivity index (χ2n) is 10.1. The first-order chi connectivity index (χ1) is 21.2. The summed E-state index contributed by atoms with van der Waals surface area (Å²) in [7, 11) is 0. The number of allylic oxidation sites excluding steroid dienone is 1. The number of carbonyl (C=O) groups is 1. The van der Waals surface area contributed by atoms with E-state index in [4.69, 9.17) is 31.1 Å². The van der Waals surface area contributed by atoms with Crippen molar-refractivity contribution in [2.75, 3.05) is 13.2 Å². The maximum atomic E-state index is 14.0. The SMILES string of the molecule is CCOC(=O)C1=C(C)N=c2s/c(=C\c3cc(Cl)c(OCc4ccc(C#N)cc4)c(OCC)c3)c(=O)n2[C@@H]1c1ccc(C)cc1. The summed E-state index contributed by atoms with van der Waals surface area (Å²) in [5.74, 6) is 0.314. The molecule has 5 rings (SSSR count). The zero-order chi connectivity index (χ0) is 31.4. The standard InChI is InChI=1S/C34H30ClN3O5S/c1-5-41-27-16-24(15-26(35)31(27)43-19-23-11-9-22(18-36)10-12-23)17-28-32(39)38-30(25-13-7-20(3)8-14-25)29(33(40)42-6-2)21(4)37-34(38)44-28/h7-17,30H,5-6,19H2,1-4H3/b28-17-/t30-/m1/s1. The van der Waals surface area contributed by atoms with Crippen LogP contribution in [0.3, 0.4) is 0 Å². The largest absolute Gasteiger partial charge is 0.490 e. The highest BCUT2D eigenvalue weighted by Crippen LogP contribution is 2.37. The number of aryl methyl sites for hydroxylation is 1. The summed E-state index contributed by atoms with van der Waals surface area (Å²) in [4.78, 5) is 32.2. The predicted octanol–water partition coefficient (Wildman–Crippen LogP) is 5.61. The number of thiazole rings is 1. The third-order valence-corrected chi connectivity index (χ3v) is 8.27. The minimum atomic E-state index is -0.686. The van der Waals surface area contributed by atoms with Gasteiger partial charge >= 0.3 is 5.97 Å². The van der Waals surface area contributed by atoms with E-state index in [2.05, 4.69) is 11.1 Å². The van der Waals surface area contributed by atoms with E-state index in [-0.39, 0.29) is 18.8 Å². The maximum Gasteiger partial charge on any atom is 0.338 e. The van der Waals surface area contributed by atoms with Crippen molar-refractivity contribution in [3.8, 4) is 17.6 Å². The molecule has 0 fully saturated rings. The van der Waals surface area contributed by atoms with E-state index in [0.717, 1.165) is 16.7 Å². The minimum Gasteiger partial charge on any atom is -0.490 e. The summed E-state index contributed by atoms with van der Waals surface area (Å²) in [6, 6.07) is 19.7. The van der Waals surface area contributed by atoms with Gasteiger partial charge in [0.2, 0.25) is 0 Å². The molecule has 224 valence electrons. The molecule has 0 radical (unpaired) electrons. The summed E-state index contributed by atoms with van der Waals surface area (Å²) >= 11 is 7.92. The van der Waals surface area contributed by atoms with Crippen LogP contribution in [0.4, 0.5) is 0 Å². The van der Waals surface area contributed by atoms with Crippen molar-refractivity contribution in [3.63, 3.8) is 0 Å². The first-order valence-electron chi connectivity index (χ1n) is 14.1. The number of rotatable bonds is 9. The van der Waals surface area contributed by atoms with Crippen molar-refractivity contribution in [2.24, 2.45) is 4.99 Å². The van der Waals surface area contributed by atoms with E-state index >= 15 is 0 Å². The Morgan fingerprint density at radius 1 is 1.07 bits per heavy atom. The van der Waals surface area contributed by atoms with E-state index in [1.807, 2.05) is 50.2 Å². The Kier molecular flexibility index (Phi) is 9.33. The van der Waals surface area contributed by atoms with Crippen LogP contribution in [0.5, 0.6) is 11.5 Å². The van der Waals surface area contributed by atoms with Gasteiger partial charge in [0.05, 0.1) is 51.7 Å². The van der Waals surface area contributed by atoms with Crippen LogP contribution < -0.4 is 24.4 Å². The molecule has 3 aromatic carbocycles. The van der Waals surface area contributed by atoms with Crippen LogP contribution in [-0.4, -0.2) is 23.8 Å². The normalized spacial score (nSPS) is 14.5. The number of halogens is 1. The van der Waals surface area contributed by atoms with Crippen LogP contribution in [0.25, 0.3) is 6.08 Å². The molecule has 1 aliphatic heterocycles. The summed E-state index contributed by atoms with van der Waals surface area (Å²) in [6.45, 7) is 8.15. The van der Waals surface area contributed by atoms with Gasteiger partial charge in [0.25, 0.3) is 5.56 Å². The molecule has 44 heavy (non-hydrogen) atoms. The predicted molar refractivity (Wildman–Crippen MR) is 170 cm³/mol. The highest BCUT2D eigenvalue weighted by atomic mass is 35.5. The van der Waals surface area contributed by atoms with Gasteiger partial charge < -0.3 is 14.2 Å². The Morgan fingerprint density at radius 3 is 2.45 bits per heavy atom. The molecular formula is C34H30ClN3O5S.